The van der Waals surface area contributed by atoms with Gasteiger partial charge in [-0.25, -0.2) is 4.99 Å². The number of rotatable bonds is 8. The van der Waals surface area contributed by atoms with E-state index in [0.717, 1.165) is 41.2 Å². The van der Waals surface area contributed by atoms with E-state index >= 15 is 0 Å². The van der Waals surface area contributed by atoms with Gasteiger partial charge in [-0.15, -0.1) is 0 Å². The Balaban J connectivity index is 1.43. The summed E-state index contributed by atoms with van der Waals surface area (Å²) in [6.07, 6.45) is 6.41. The summed E-state index contributed by atoms with van der Waals surface area (Å²) in [5.74, 6) is 1.71. The number of amidine groups is 1. The molecule has 39 heavy (non-hydrogen) atoms. The molecule has 2 aliphatic rings. The first-order valence-electron chi connectivity index (χ1n) is 13.5. The maximum absolute atomic E-state index is 13.8. The zero-order valence-corrected chi connectivity index (χ0v) is 23.9. The molecule has 1 heterocycles. The third-order valence-corrected chi connectivity index (χ3v) is 8.47. The van der Waals surface area contributed by atoms with Crippen molar-refractivity contribution in [2.45, 2.75) is 52.2 Å². The van der Waals surface area contributed by atoms with E-state index < -0.39 is 0 Å². The first-order valence-corrected chi connectivity index (χ1v) is 14.7. The van der Waals surface area contributed by atoms with E-state index in [-0.39, 0.29) is 11.9 Å². The van der Waals surface area contributed by atoms with Gasteiger partial charge in [-0.3, -0.25) is 9.69 Å². The highest BCUT2D eigenvalue weighted by atomic mass is 35.5. The number of benzene rings is 3. The minimum atomic E-state index is 0.0189. The van der Waals surface area contributed by atoms with Crippen LogP contribution < -0.4 is 9.47 Å². The maximum Gasteiger partial charge on any atom is 0.267 e. The lowest BCUT2D eigenvalue weighted by atomic mass is 9.85. The molecule has 0 N–H and O–H groups in total. The number of para-hydroxylation sites is 1. The smallest absolute Gasteiger partial charge is 0.267 e. The van der Waals surface area contributed by atoms with Gasteiger partial charge in [-0.2, -0.15) is 0 Å². The van der Waals surface area contributed by atoms with Gasteiger partial charge in [-0.1, -0.05) is 73.8 Å². The molecule has 1 aliphatic heterocycles. The third-order valence-electron chi connectivity index (χ3n) is 7.12. The molecule has 5 rings (SSSR count). The van der Waals surface area contributed by atoms with Crippen LogP contribution in [0.3, 0.4) is 0 Å². The predicted octanol–water partition coefficient (Wildman–Crippen LogP) is 8.50. The predicted molar refractivity (Wildman–Crippen MR) is 161 cm³/mol. The normalized spacial score (nSPS) is 21.5. The summed E-state index contributed by atoms with van der Waals surface area (Å²) in [5.41, 5.74) is 2.63. The molecule has 1 aliphatic carbocycles. The monoisotopic (exact) mass is 560 g/mol. The number of hydrogen-bond donors (Lipinski definition) is 0. The van der Waals surface area contributed by atoms with Crippen molar-refractivity contribution >= 4 is 46.2 Å². The summed E-state index contributed by atoms with van der Waals surface area (Å²) in [6.45, 7) is 5.02. The molecule has 1 saturated carbocycles. The third kappa shape index (κ3) is 6.51. The number of halogens is 1. The Bertz CT molecular complexity index is 1370. The van der Waals surface area contributed by atoms with Crippen molar-refractivity contribution in [3.8, 4) is 11.5 Å². The summed E-state index contributed by atoms with van der Waals surface area (Å²) >= 11 is 7.74. The number of aliphatic imine (C=N–C) groups is 1. The van der Waals surface area contributed by atoms with Gasteiger partial charge in [0.1, 0.15) is 6.61 Å². The Hall–Kier alpha value is -3.22. The van der Waals surface area contributed by atoms with E-state index in [4.69, 9.17) is 26.1 Å². The van der Waals surface area contributed by atoms with Crippen molar-refractivity contribution in [3.63, 3.8) is 0 Å². The lowest BCUT2D eigenvalue weighted by Gasteiger charge is -2.35. The Labute approximate surface area is 239 Å². The van der Waals surface area contributed by atoms with Gasteiger partial charge in [0, 0.05) is 16.6 Å². The fourth-order valence-electron chi connectivity index (χ4n) is 5.07. The fraction of sp³-hybridized carbons (Fsp3) is 0.312. The standard InChI is InChI=1S/C32H33ClN2O3S/c1-3-37-29-19-23(17-18-28(29)38-21-24-12-8-9-15-26(24)33)20-30-31(36)35(27-16-10-7-11-22(27)2)32(39-30)34-25-13-5-4-6-14-25/h4-6,8-9,12-15,17-20,22,27H,3,7,10-11,16,21H2,1-2H3/b30-20-,34-32?/t22-,27-/m0/s1. The van der Waals surface area contributed by atoms with Crippen LogP contribution >= 0.6 is 23.4 Å². The van der Waals surface area contributed by atoms with Crippen molar-refractivity contribution in [2.24, 2.45) is 10.9 Å². The minimum absolute atomic E-state index is 0.0189. The van der Waals surface area contributed by atoms with Gasteiger partial charge >= 0.3 is 0 Å². The van der Waals surface area contributed by atoms with E-state index in [1.54, 1.807) is 0 Å². The highest BCUT2D eigenvalue weighted by molar-refractivity contribution is 8.18. The van der Waals surface area contributed by atoms with E-state index in [1.165, 1.54) is 18.2 Å². The number of hydrogen-bond acceptors (Lipinski definition) is 5. The number of carbonyl (C=O) groups is 1. The molecule has 5 nitrogen and oxygen atoms in total. The summed E-state index contributed by atoms with van der Waals surface area (Å²) in [7, 11) is 0. The lowest BCUT2D eigenvalue weighted by Crippen LogP contribution is -2.44. The Morgan fingerprint density at radius 2 is 1.77 bits per heavy atom. The van der Waals surface area contributed by atoms with Crippen LogP contribution in [-0.4, -0.2) is 28.6 Å². The van der Waals surface area contributed by atoms with Crippen molar-refractivity contribution in [2.75, 3.05) is 6.61 Å². The van der Waals surface area contributed by atoms with Gasteiger partial charge in [0.25, 0.3) is 5.91 Å². The molecule has 1 amide bonds. The second-order valence-electron chi connectivity index (χ2n) is 9.86. The van der Waals surface area contributed by atoms with Crippen LogP contribution in [0.2, 0.25) is 5.02 Å². The van der Waals surface area contributed by atoms with Crippen LogP contribution in [0.4, 0.5) is 5.69 Å². The second kappa shape index (κ2) is 12.8. The highest BCUT2D eigenvalue weighted by Crippen LogP contribution is 2.41. The van der Waals surface area contributed by atoms with E-state index in [0.29, 0.717) is 40.6 Å². The van der Waals surface area contributed by atoms with E-state index in [2.05, 4.69) is 6.92 Å². The fourth-order valence-corrected chi connectivity index (χ4v) is 6.31. The molecule has 3 aromatic rings. The quantitative estimate of drug-likeness (QED) is 0.259. The SMILES string of the molecule is CCOc1cc(/C=C2\SC(=Nc3ccccc3)N([C@H]3CCCC[C@@H]3C)C2=O)ccc1OCc1ccccc1Cl. The first kappa shape index (κ1) is 27.4. The lowest BCUT2D eigenvalue weighted by molar-refractivity contribution is -0.124. The minimum Gasteiger partial charge on any atom is -0.490 e. The average molecular weight is 561 g/mol. The average Bonchev–Trinajstić information content (AvgIpc) is 3.24. The highest BCUT2D eigenvalue weighted by Gasteiger charge is 2.41. The molecule has 2 fully saturated rings. The molecular weight excluding hydrogens is 528 g/mol. The van der Waals surface area contributed by atoms with Gasteiger partial charge < -0.3 is 9.47 Å². The Kier molecular flexibility index (Phi) is 8.95. The summed E-state index contributed by atoms with van der Waals surface area (Å²) in [6, 6.07) is 23.4. The first-order chi connectivity index (χ1) is 19.0. The van der Waals surface area contributed by atoms with Gasteiger partial charge in [-0.05, 0) is 79.4 Å². The van der Waals surface area contributed by atoms with Crippen LogP contribution in [0, 0.1) is 5.92 Å². The molecule has 202 valence electrons. The summed E-state index contributed by atoms with van der Waals surface area (Å²) in [5, 5.41) is 1.42. The molecule has 0 aromatic heterocycles. The molecule has 7 heteroatoms. The number of nitrogens with zero attached hydrogens (tertiary/aromatic N) is 2. The zero-order valence-electron chi connectivity index (χ0n) is 22.3. The van der Waals surface area contributed by atoms with Crippen molar-refractivity contribution in [3.05, 3.63) is 93.9 Å². The van der Waals surface area contributed by atoms with Crippen molar-refractivity contribution in [1.29, 1.82) is 0 Å². The summed E-state index contributed by atoms with van der Waals surface area (Å²) in [4.78, 5) is 21.3. The summed E-state index contributed by atoms with van der Waals surface area (Å²) < 4.78 is 12.0. The van der Waals surface area contributed by atoms with Crippen molar-refractivity contribution in [1.82, 2.24) is 4.90 Å². The molecule has 0 unspecified atom stereocenters. The molecule has 0 radical (unpaired) electrons. The largest absolute Gasteiger partial charge is 0.490 e. The van der Waals surface area contributed by atoms with Crippen LogP contribution in [0.25, 0.3) is 6.08 Å². The molecule has 0 bridgehead atoms. The van der Waals surface area contributed by atoms with Crippen molar-refractivity contribution < 1.29 is 14.3 Å². The number of carbonyl (C=O) groups excluding carboxylic acids is 1. The molecule has 0 spiro atoms. The molecule has 2 atom stereocenters. The van der Waals surface area contributed by atoms with Gasteiger partial charge in [0.2, 0.25) is 0 Å². The number of amides is 1. The number of thioether (sulfide) groups is 1. The Morgan fingerprint density at radius 1 is 1.00 bits per heavy atom. The topological polar surface area (TPSA) is 51.1 Å². The molecule has 1 saturated heterocycles. The Morgan fingerprint density at radius 3 is 2.54 bits per heavy atom. The van der Waals surface area contributed by atoms with E-state index in [1.807, 2.05) is 90.7 Å². The van der Waals surface area contributed by atoms with Crippen LogP contribution in [0.1, 0.15) is 50.7 Å². The van der Waals surface area contributed by atoms with Crippen LogP contribution in [0.15, 0.2) is 82.7 Å². The zero-order chi connectivity index (χ0) is 27.2. The van der Waals surface area contributed by atoms with Crippen LogP contribution in [0.5, 0.6) is 11.5 Å². The maximum atomic E-state index is 13.8. The molecule has 3 aromatic carbocycles. The van der Waals surface area contributed by atoms with Gasteiger partial charge in [0.05, 0.1) is 17.2 Å². The van der Waals surface area contributed by atoms with Gasteiger partial charge in [0.15, 0.2) is 16.7 Å². The second-order valence-corrected chi connectivity index (χ2v) is 11.3. The van der Waals surface area contributed by atoms with E-state index in [9.17, 15) is 4.79 Å². The molecular formula is C32H33ClN2O3S. The number of ether oxygens (including phenoxy) is 2. The van der Waals surface area contributed by atoms with Crippen LogP contribution in [-0.2, 0) is 11.4 Å².